The Balaban J connectivity index is 3.71. The summed E-state index contributed by atoms with van der Waals surface area (Å²) >= 11 is 0. The van der Waals surface area contributed by atoms with E-state index in [9.17, 15) is 0 Å². The molecule has 1 N–H and O–H groups in total. The molecular formula is C12H27N. The number of nitrogens with one attached hydrogen (secondary N) is 1. The van der Waals surface area contributed by atoms with Crippen LogP contribution in [0.2, 0.25) is 0 Å². The zero-order valence-electron chi connectivity index (χ0n) is 9.90. The lowest BCUT2D eigenvalue weighted by Gasteiger charge is -2.24. The average Bonchev–Trinajstić information content (AvgIpc) is 2.17. The standard InChI is InChI=1S/C12H27N/c1-5-9-13-10-12(8-4)11(6-2)7-3/h11-13H,5-10H2,1-4H3. The lowest BCUT2D eigenvalue weighted by molar-refractivity contribution is 0.292. The van der Waals surface area contributed by atoms with Crippen molar-refractivity contribution in [2.75, 3.05) is 13.1 Å². The molecule has 0 saturated heterocycles. The van der Waals surface area contributed by atoms with Crippen molar-refractivity contribution < 1.29 is 0 Å². The maximum Gasteiger partial charge on any atom is -0.00180 e. The van der Waals surface area contributed by atoms with E-state index >= 15 is 0 Å². The first-order valence-corrected chi connectivity index (χ1v) is 6.00. The van der Waals surface area contributed by atoms with Gasteiger partial charge in [-0.2, -0.15) is 0 Å². The molecule has 0 aliphatic heterocycles. The van der Waals surface area contributed by atoms with E-state index in [1.807, 2.05) is 0 Å². The molecule has 13 heavy (non-hydrogen) atoms. The first-order valence-electron chi connectivity index (χ1n) is 6.00. The molecule has 0 rings (SSSR count). The molecule has 0 aromatic carbocycles. The van der Waals surface area contributed by atoms with Crippen molar-refractivity contribution in [3.63, 3.8) is 0 Å². The summed E-state index contributed by atoms with van der Waals surface area (Å²) in [5.74, 6) is 1.82. The first kappa shape index (κ1) is 13.0. The van der Waals surface area contributed by atoms with E-state index in [1.165, 1.54) is 38.8 Å². The van der Waals surface area contributed by atoms with Crippen LogP contribution in [-0.4, -0.2) is 13.1 Å². The Morgan fingerprint density at radius 2 is 1.38 bits per heavy atom. The highest BCUT2D eigenvalue weighted by atomic mass is 14.9. The Bertz CT molecular complexity index is 97.3. The van der Waals surface area contributed by atoms with E-state index in [-0.39, 0.29) is 0 Å². The Hall–Kier alpha value is -0.0400. The number of hydrogen-bond acceptors (Lipinski definition) is 1. The second-order valence-corrected chi connectivity index (χ2v) is 3.95. The van der Waals surface area contributed by atoms with E-state index in [1.54, 1.807) is 0 Å². The molecule has 0 fully saturated rings. The predicted molar refractivity (Wildman–Crippen MR) is 61.0 cm³/mol. The van der Waals surface area contributed by atoms with Crippen molar-refractivity contribution in [3.8, 4) is 0 Å². The van der Waals surface area contributed by atoms with Gasteiger partial charge in [0.2, 0.25) is 0 Å². The normalized spacial score (nSPS) is 13.6. The minimum atomic E-state index is 0.890. The molecule has 0 aliphatic rings. The lowest BCUT2D eigenvalue weighted by Crippen LogP contribution is -2.28. The summed E-state index contributed by atoms with van der Waals surface area (Å²) in [4.78, 5) is 0. The molecule has 0 bridgehead atoms. The van der Waals surface area contributed by atoms with Crippen LogP contribution < -0.4 is 5.32 Å². The third kappa shape index (κ3) is 5.30. The monoisotopic (exact) mass is 185 g/mol. The van der Waals surface area contributed by atoms with Gasteiger partial charge in [-0.3, -0.25) is 0 Å². The van der Waals surface area contributed by atoms with E-state index in [0.717, 1.165) is 11.8 Å². The van der Waals surface area contributed by atoms with Crippen molar-refractivity contribution in [1.29, 1.82) is 0 Å². The van der Waals surface area contributed by atoms with E-state index in [0.29, 0.717) is 0 Å². The molecule has 0 spiro atoms. The molecule has 0 aliphatic carbocycles. The quantitative estimate of drug-likeness (QED) is 0.571. The zero-order chi connectivity index (χ0) is 10.1. The van der Waals surface area contributed by atoms with E-state index in [4.69, 9.17) is 0 Å². The van der Waals surface area contributed by atoms with Crippen LogP contribution in [0.5, 0.6) is 0 Å². The molecule has 0 heterocycles. The Morgan fingerprint density at radius 3 is 1.77 bits per heavy atom. The summed E-state index contributed by atoms with van der Waals surface area (Å²) in [5.41, 5.74) is 0. The van der Waals surface area contributed by atoms with Crippen LogP contribution in [0, 0.1) is 11.8 Å². The van der Waals surface area contributed by atoms with Gasteiger partial charge in [0.25, 0.3) is 0 Å². The van der Waals surface area contributed by atoms with Gasteiger partial charge < -0.3 is 5.32 Å². The molecule has 0 amide bonds. The molecule has 0 saturated carbocycles. The molecule has 0 aromatic rings. The van der Waals surface area contributed by atoms with Gasteiger partial charge in [0.1, 0.15) is 0 Å². The van der Waals surface area contributed by atoms with Gasteiger partial charge in [0, 0.05) is 0 Å². The Morgan fingerprint density at radius 1 is 0.846 bits per heavy atom. The van der Waals surface area contributed by atoms with Gasteiger partial charge in [-0.25, -0.2) is 0 Å². The Labute approximate surface area is 84.3 Å². The van der Waals surface area contributed by atoms with Gasteiger partial charge in [-0.05, 0) is 31.3 Å². The average molecular weight is 185 g/mol. The molecule has 1 unspecified atom stereocenters. The van der Waals surface area contributed by atoms with Crippen LogP contribution in [-0.2, 0) is 0 Å². The summed E-state index contributed by atoms with van der Waals surface area (Å²) in [7, 11) is 0. The smallest absolute Gasteiger partial charge is 0.00180 e. The van der Waals surface area contributed by atoms with Crippen molar-refractivity contribution in [1.82, 2.24) is 5.32 Å². The summed E-state index contributed by atoms with van der Waals surface area (Å²) in [6.07, 6.45) is 5.24. The predicted octanol–water partition coefficient (Wildman–Crippen LogP) is 3.45. The highest BCUT2D eigenvalue weighted by Crippen LogP contribution is 2.21. The lowest BCUT2D eigenvalue weighted by atomic mass is 9.86. The third-order valence-corrected chi connectivity index (χ3v) is 3.07. The van der Waals surface area contributed by atoms with Crippen molar-refractivity contribution in [3.05, 3.63) is 0 Å². The van der Waals surface area contributed by atoms with Gasteiger partial charge in [-0.1, -0.05) is 47.0 Å². The minimum absolute atomic E-state index is 0.890. The molecule has 80 valence electrons. The van der Waals surface area contributed by atoms with E-state index in [2.05, 4.69) is 33.0 Å². The van der Waals surface area contributed by atoms with Gasteiger partial charge in [-0.15, -0.1) is 0 Å². The topological polar surface area (TPSA) is 12.0 Å². The summed E-state index contributed by atoms with van der Waals surface area (Å²) in [5, 5.41) is 3.54. The summed E-state index contributed by atoms with van der Waals surface area (Å²) < 4.78 is 0. The fraction of sp³-hybridized carbons (Fsp3) is 1.00. The van der Waals surface area contributed by atoms with Gasteiger partial charge >= 0.3 is 0 Å². The maximum absolute atomic E-state index is 3.54. The molecule has 1 atom stereocenters. The van der Waals surface area contributed by atoms with Crippen LogP contribution >= 0.6 is 0 Å². The molecule has 0 radical (unpaired) electrons. The largest absolute Gasteiger partial charge is 0.316 e. The highest BCUT2D eigenvalue weighted by molar-refractivity contribution is 4.69. The van der Waals surface area contributed by atoms with Crippen molar-refractivity contribution >= 4 is 0 Å². The van der Waals surface area contributed by atoms with Crippen LogP contribution in [0.4, 0.5) is 0 Å². The summed E-state index contributed by atoms with van der Waals surface area (Å²) in [6, 6.07) is 0. The SMILES string of the molecule is CCCNCC(CC)C(CC)CC. The molecular weight excluding hydrogens is 158 g/mol. The minimum Gasteiger partial charge on any atom is -0.316 e. The zero-order valence-corrected chi connectivity index (χ0v) is 9.90. The maximum atomic E-state index is 3.54. The Kier molecular flexibility index (Phi) is 8.53. The third-order valence-electron chi connectivity index (χ3n) is 3.07. The van der Waals surface area contributed by atoms with Crippen LogP contribution in [0.3, 0.4) is 0 Å². The van der Waals surface area contributed by atoms with Crippen LogP contribution in [0.25, 0.3) is 0 Å². The second-order valence-electron chi connectivity index (χ2n) is 3.95. The fourth-order valence-electron chi connectivity index (χ4n) is 2.06. The van der Waals surface area contributed by atoms with Crippen molar-refractivity contribution in [2.45, 2.75) is 53.4 Å². The van der Waals surface area contributed by atoms with Gasteiger partial charge in [0.05, 0.1) is 0 Å². The number of rotatable bonds is 8. The first-order chi connectivity index (χ1) is 6.29. The second kappa shape index (κ2) is 8.55. The summed E-state index contributed by atoms with van der Waals surface area (Å²) in [6.45, 7) is 11.6. The van der Waals surface area contributed by atoms with Crippen LogP contribution in [0.15, 0.2) is 0 Å². The van der Waals surface area contributed by atoms with Crippen molar-refractivity contribution in [2.24, 2.45) is 11.8 Å². The number of hydrogen-bond donors (Lipinski definition) is 1. The molecule has 0 aromatic heterocycles. The fourth-order valence-corrected chi connectivity index (χ4v) is 2.06. The molecule has 1 nitrogen and oxygen atoms in total. The molecule has 1 heteroatoms. The van der Waals surface area contributed by atoms with Crippen LogP contribution in [0.1, 0.15) is 53.4 Å². The van der Waals surface area contributed by atoms with Gasteiger partial charge in [0.15, 0.2) is 0 Å². The highest BCUT2D eigenvalue weighted by Gasteiger charge is 2.15. The van der Waals surface area contributed by atoms with E-state index < -0.39 is 0 Å².